The van der Waals surface area contributed by atoms with Crippen LogP contribution in [-0.2, 0) is 4.74 Å². The Kier molecular flexibility index (Phi) is 5.25. The first-order valence-electron chi connectivity index (χ1n) is 5.88. The van der Waals surface area contributed by atoms with Crippen molar-refractivity contribution in [2.24, 2.45) is 0 Å². The molecule has 1 aliphatic rings. The smallest absolute Gasteiger partial charge is 0.266 e. The minimum atomic E-state index is -0.0823. The van der Waals surface area contributed by atoms with E-state index in [9.17, 15) is 4.79 Å². The van der Waals surface area contributed by atoms with E-state index in [2.05, 4.69) is 14.9 Å². The van der Waals surface area contributed by atoms with Gasteiger partial charge in [-0.3, -0.25) is 4.79 Å². The lowest BCUT2D eigenvalue weighted by Gasteiger charge is -2.32. The van der Waals surface area contributed by atoms with Crippen LogP contribution in [0.3, 0.4) is 0 Å². The van der Waals surface area contributed by atoms with Crippen molar-refractivity contribution in [3.05, 3.63) is 20.3 Å². The Hall–Kier alpha value is -0.340. The second-order valence-corrected chi connectivity index (χ2v) is 5.57. The average molecular weight is 384 g/mol. The molecule has 0 saturated carbocycles. The molecule has 1 aliphatic heterocycles. The highest BCUT2D eigenvalue weighted by Crippen LogP contribution is 2.21. The highest BCUT2D eigenvalue weighted by Gasteiger charge is 2.22. The molecule has 7 heteroatoms. The first-order valence-corrected chi connectivity index (χ1v) is 7.49. The summed E-state index contributed by atoms with van der Waals surface area (Å²) in [7, 11) is 0. The summed E-state index contributed by atoms with van der Waals surface area (Å²) in [5.41, 5.74) is -0.0823. The van der Waals surface area contributed by atoms with Gasteiger partial charge in [-0.1, -0.05) is 0 Å². The van der Waals surface area contributed by atoms with Gasteiger partial charge in [0, 0.05) is 19.0 Å². The van der Waals surface area contributed by atoms with Crippen molar-refractivity contribution >= 4 is 40.0 Å². The van der Waals surface area contributed by atoms with Crippen molar-refractivity contribution in [3.8, 4) is 0 Å². The molecule has 0 aliphatic carbocycles. The highest BCUT2D eigenvalue weighted by atomic mass is 127. The molecule has 0 bridgehead atoms. The van der Waals surface area contributed by atoms with Gasteiger partial charge in [0.15, 0.2) is 0 Å². The van der Waals surface area contributed by atoms with Crippen molar-refractivity contribution in [2.45, 2.75) is 18.9 Å². The monoisotopic (exact) mass is 383 g/mol. The quantitative estimate of drug-likeness (QED) is 0.634. The van der Waals surface area contributed by atoms with Crippen molar-refractivity contribution in [2.75, 3.05) is 30.5 Å². The third kappa shape index (κ3) is 3.36. The molecule has 100 valence electrons. The number of rotatable bonds is 4. The standard InChI is InChI=1S/C11H15ClIN3O2/c12-3-6-18-8-1-4-16(5-2-8)10-9(13)11(17)15-7-14-10/h7-8H,1-6H2,(H,14,15,17). The number of nitrogens with one attached hydrogen (secondary N) is 1. The normalized spacial score (nSPS) is 17.1. The fraction of sp³-hybridized carbons (Fsp3) is 0.636. The third-order valence-corrected chi connectivity index (χ3v) is 4.08. The van der Waals surface area contributed by atoms with Gasteiger partial charge in [-0.05, 0) is 35.4 Å². The minimum Gasteiger partial charge on any atom is -0.377 e. The number of hydrogen-bond donors (Lipinski definition) is 1. The van der Waals surface area contributed by atoms with E-state index in [0.717, 1.165) is 31.7 Å². The fourth-order valence-electron chi connectivity index (χ4n) is 2.04. The van der Waals surface area contributed by atoms with Crippen LogP contribution in [0.5, 0.6) is 0 Å². The van der Waals surface area contributed by atoms with Crippen LogP contribution in [0.1, 0.15) is 12.8 Å². The lowest BCUT2D eigenvalue weighted by Crippen LogP contribution is -2.39. The Balaban J connectivity index is 1.97. The van der Waals surface area contributed by atoms with E-state index in [1.165, 1.54) is 6.33 Å². The van der Waals surface area contributed by atoms with Crippen molar-refractivity contribution in [1.82, 2.24) is 9.97 Å². The van der Waals surface area contributed by atoms with Crippen LogP contribution in [-0.4, -0.2) is 41.6 Å². The van der Waals surface area contributed by atoms with Gasteiger partial charge in [0.25, 0.3) is 5.56 Å². The van der Waals surface area contributed by atoms with Gasteiger partial charge in [-0.2, -0.15) is 0 Å². The van der Waals surface area contributed by atoms with E-state index in [-0.39, 0.29) is 11.7 Å². The SMILES string of the molecule is O=c1[nH]cnc(N2CCC(OCCCl)CC2)c1I. The van der Waals surface area contributed by atoms with Crippen LogP contribution in [0.25, 0.3) is 0 Å². The van der Waals surface area contributed by atoms with Crippen LogP contribution in [0.4, 0.5) is 5.82 Å². The number of piperidine rings is 1. The molecule has 0 atom stereocenters. The molecule has 1 saturated heterocycles. The zero-order valence-electron chi connectivity index (χ0n) is 9.86. The average Bonchev–Trinajstić information content (AvgIpc) is 2.40. The Morgan fingerprint density at radius 1 is 1.56 bits per heavy atom. The van der Waals surface area contributed by atoms with Gasteiger partial charge in [0.2, 0.25) is 0 Å². The van der Waals surface area contributed by atoms with Gasteiger partial charge in [-0.25, -0.2) is 4.98 Å². The summed E-state index contributed by atoms with van der Waals surface area (Å²) in [5.74, 6) is 1.31. The molecular formula is C11H15ClIN3O2. The zero-order valence-corrected chi connectivity index (χ0v) is 12.8. The molecule has 0 aromatic carbocycles. The highest BCUT2D eigenvalue weighted by molar-refractivity contribution is 14.1. The molecule has 1 fully saturated rings. The van der Waals surface area contributed by atoms with Crippen LogP contribution >= 0.6 is 34.2 Å². The van der Waals surface area contributed by atoms with E-state index >= 15 is 0 Å². The molecule has 5 nitrogen and oxygen atoms in total. The number of nitrogens with zero attached hydrogens (tertiary/aromatic N) is 2. The molecule has 0 spiro atoms. The second-order valence-electron chi connectivity index (χ2n) is 4.12. The Bertz CT molecular complexity index is 446. The number of aromatic nitrogens is 2. The number of ether oxygens (including phenoxy) is 1. The Labute approximate surface area is 124 Å². The van der Waals surface area contributed by atoms with E-state index in [4.69, 9.17) is 16.3 Å². The summed E-state index contributed by atoms with van der Waals surface area (Å²) in [4.78, 5) is 20.5. The molecule has 1 N–H and O–H groups in total. The number of hydrogen-bond acceptors (Lipinski definition) is 4. The Morgan fingerprint density at radius 3 is 2.94 bits per heavy atom. The molecule has 1 aromatic rings. The summed E-state index contributed by atoms with van der Waals surface area (Å²) in [6.45, 7) is 2.33. The van der Waals surface area contributed by atoms with Gasteiger partial charge in [0.05, 0.1) is 19.0 Å². The molecule has 0 radical (unpaired) electrons. The predicted octanol–water partition coefficient (Wildman–Crippen LogP) is 1.60. The summed E-state index contributed by atoms with van der Waals surface area (Å²) in [6.07, 6.45) is 3.62. The number of alkyl halides is 1. The third-order valence-electron chi connectivity index (χ3n) is 2.95. The van der Waals surface area contributed by atoms with Crippen molar-refractivity contribution in [1.29, 1.82) is 0 Å². The number of anilines is 1. The van der Waals surface area contributed by atoms with E-state index in [1.54, 1.807) is 0 Å². The zero-order chi connectivity index (χ0) is 13.0. The maximum atomic E-state index is 11.5. The first kappa shape index (κ1) is 14.1. The minimum absolute atomic E-state index is 0.0823. The van der Waals surface area contributed by atoms with Gasteiger partial charge >= 0.3 is 0 Å². The molecule has 2 heterocycles. The van der Waals surface area contributed by atoms with Crippen molar-refractivity contribution in [3.63, 3.8) is 0 Å². The van der Waals surface area contributed by atoms with Gasteiger partial charge in [-0.15, -0.1) is 11.6 Å². The van der Waals surface area contributed by atoms with E-state index in [1.807, 2.05) is 22.6 Å². The Morgan fingerprint density at radius 2 is 2.28 bits per heavy atom. The predicted molar refractivity (Wildman–Crippen MR) is 79.5 cm³/mol. The number of aromatic amines is 1. The second kappa shape index (κ2) is 6.72. The van der Waals surface area contributed by atoms with Crippen LogP contribution in [0, 0.1) is 3.57 Å². The van der Waals surface area contributed by atoms with E-state index < -0.39 is 0 Å². The van der Waals surface area contributed by atoms with Gasteiger partial charge < -0.3 is 14.6 Å². The summed E-state index contributed by atoms with van der Waals surface area (Å²) < 4.78 is 6.27. The first-order chi connectivity index (χ1) is 8.72. The molecule has 1 aromatic heterocycles. The number of halogens is 2. The maximum absolute atomic E-state index is 11.5. The lowest BCUT2D eigenvalue weighted by atomic mass is 10.1. The van der Waals surface area contributed by atoms with Crippen molar-refractivity contribution < 1.29 is 4.74 Å². The maximum Gasteiger partial charge on any atom is 0.266 e. The van der Waals surface area contributed by atoms with E-state index in [0.29, 0.717) is 16.1 Å². The van der Waals surface area contributed by atoms with Crippen LogP contribution in [0.2, 0.25) is 0 Å². The topological polar surface area (TPSA) is 58.2 Å². The summed E-state index contributed by atoms with van der Waals surface area (Å²) in [5, 5.41) is 0. The van der Waals surface area contributed by atoms with Crippen LogP contribution < -0.4 is 10.5 Å². The largest absolute Gasteiger partial charge is 0.377 e. The number of H-pyrrole nitrogens is 1. The van der Waals surface area contributed by atoms with Gasteiger partial charge in [0.1, 0.15) is 9.39 Å². The fourth-order valence-corrected chi connectivity index (χ4v) is 2.76. The molecule has 0 amide bonds. The molecular weight excluding hydrogens is 368 g/mol. The molecule has 0 unspecified atom stereocenters. The molecule has 18 heavy (non-hydrogen) atoms. The summed E-state index contributed by atoms with van der Waals surface area (Å²) in [6, 6.07) is 0. The lowest BCUT2D eigenvalue weighted by molar-refractivity contribution is 0.0470. The summed E-state index contributed by atoms with van der Waals surface area (Å²) >= 11 is 7.64. The molecule has 2 rings (SSSR count). The van der Waals surface area contributed by atoms with Crippen LogP contribution in [0.15, 0.2) is 11.1 Å².